The topological polar surface area (TPSA) is 105 Å². The van der Waals surface area contributed by atoms with Crippen molar-refractivity contribution in [3.05, 3.63) is 6.07 Å². The molecule has 1 heterocycles. The molecular weight excluding hydrogens is 200 g/mol. The molecule has 0 aliphatic carbocycles. The van der Waals surface area contributed by atoms with Gasteiger partial charge in [0.25, 0.3) is 0 Å². The Bertz CT molecular complexity index is 233. The standard InChI is InChI=1S/C5H13NO2.C3H5N3O/c1-6-4-5(7-2)8-3;4-2-1-3(7)6-5-2/h5-6H,4H2,1-3H3;1H,(H4,4,5,6,7). The molecule has 5 N–H and O–H groups in total. The van der Waals surface area contributed by atoms with Crippen LogP contribution >= 0.6 is 0 Å². The van der Waals surface area contributed by atoms with Gasteiger partial charge in [-0.25, -0.2) is 5.10 Å². The Morgan fingerprint density at radius 2 is 2.20 bits per heavy atom. The van der Waals surface area contributed by atoms with Gasteiger partial charge in [0.05, 0.1) is 0 Å². The highest BCUT2D eigenvalue weighted by Crippen LogP contribution is 2.04. The van der Waals surface area contributed by atoms with Gasteiger partial charge in [-0.05, 0) is 7.05 Å². The molecule has 0 saturated heterocycles. The minimum absolute atomic E-state index is 0.00231. The minimum Gasteiger partial charge on any atom is -0.494 e. The van der Waals surface area contributed by atoms with Crippen LogP contribution in [0.2, 0.25) is 0 Å². The molecule has 1 rings (SSSR count). The first kappa shape index (κ1) is 13.7. The average Bonchev–Trinajstić information content (AvgIpc) is 2.60. The number of hydrogen-bond donors (Lipinski definition) is 4. The van der Waals surface area contributed by atoms with Crippen molar-refractivity contribution < 1.29 is 14.6 Å². The Hall–Kier alpha value is -1.31. The highest BCUT2D eigenvalue weighted by molar-refractivity contribution is 5.30. The molecule has 0 spiro atoms. The van der Waals surface area contributed by atoms with Gasteiger partial charge in [0.2, 0.25) is 5.88 Å². The summed E-state index contributed by atoms with van der Waals surface area (Å²) in [6.07, 6.45) is -0.111. The molecule has 0 saturated carbocycles. The molecule has 0 aromatic carbocycles. The monoisotopic (exact) mass is 218 g/mol. The van der Waals surface area contributed by atoms with E-state index in [0.717, 1.165) is 6.54 Å². The van der Waals surface area contributed by atoms with Crippen molar-refractivity contribution in [3.8, 4) is 5.88 Å². The number of aromatic nitrogens is 2. The normalized spacial score (nSPS) is 9.87. The largest absolute Gasteiger partial charge is 0.494 e. The maximum absolute atomic E-state index is 8.46. The van der Waals surface area contributed by atoms with E-state index in [1.807, 2.05) is 7.05 Å². The van der Waals surface area contributed by atoms with Gasteiger partial charge in [0, 0.05) is 26.8 Å². The van der Waals surface area contributed by atoms with E-state index in [9.17, 15) is 0 Å². The Labute approximate surface area is 88.6 Å². The van der Waals surface area contributed by atoms with Gasteiger partial charge in [-0.2, -0.15) is 5.10 Å². The molecule has 88 valence electrons. The van der Waals surface area contributed by atoms with Gasteiger partial charge >= 0.3 is 0 Å². The lowest BCUT2D eigenvalue weighted by Gasteiger charge is -2.11. The number of H-pyrrole nitrogens is 1. The van der Waals surface area contributed by atoms with Crippen LogP contribution in [0, 0.1) is 0 Å². The zero-order chi connectivity index (χ0) is 11.7. The number of aromatic amines is 1. The molecule has 1 aromatic rings. The molecule has 7 nitrogen and oxygen atoms in total. The Balaban J connectivity index is 0.000000262. The fraction of sp³-hybridized carbons (Fsp3) is 0.625. The number of aromatic hydroxyl groups is 1. The first-order chi connectivity index (χ1) is 7.13. The average molecular weight is 218 g/mol. The molecule has 0 aliphatic heterocycles. The number of nitrogens with two attached hydrogens (primary N) is 1. The number of rotatable bonds is 4. The number of hydrogen-bond acceptors (Lipinski definition) is 6. The van der Waals surface area contributed by atoms with E-state index in [-0.39, 0.29) is 12.2 Å². The smallest absolute Gasteiger partial charge is 0.208 e. The SMILES string of the molecule is CNCC(OC)OC.Nc1cc(O)[nH]n1. The van der Waals surface area contributed by atoms with Crippen molar-refractivity contribution >= 4 is 5.82 Å². The molecule has 1 aromatic heterocycles. The predicted octanol–water partition coefficient (Wildman–Crippen LogP) is -0.478. The van der Waals surface area contributed by atoms with Crippen molar-refractivity contribution in [1.29, 1.82) is 0 Å². The number of nitrogens with one attached hydrogen (secondary N) is 2. The molecule has 15 heavy (non-hydrogen) atoms. The molecule has 0 bridgehead atoms. The predicted molar refractivity (Wildman–Crippen MR) is 56.4 cm³/mol. The van der Waals surface area contributed by atoms with Crippen molar-refractivity contribution in [2.45, 2.75) is 6.29 Å². The van der Waals surface area contributed by atoms with E-state index in [1.54, 1.807) is 14.2 Å². The summed E-state index contributed by atoms with van der Waals surface area (Å²) in [5.74, 6) is 0.301. The number of likely N-dealkylation sites (N-methyl/N-ethyl adjacent to an activating group) is 1. The highest BCUT2D eigenvalue weighted by atomic mass is 16.7. The van der Waals surface area contributed by atoms with Crippen molar-refractivity contribution in [3.63, 3.8) is 0 Å². The summed E-state index contributed by atoms with van der Waals surface area (Å²) in [6.45, 7) is 0.729. The van der Waals surface area contributed by atoms with Crippen LogP contribution < -0.4 is 11.1 Å². The van der Waals surface area contributed by atoms with Gasteiger partial charge < -0.3 is 25.6 Å². The van der Waals surface area contributed by atoms with Crippen molar-refractivity contribution in [2.24, 2.45) is 0 Å². The second-order valence-electron chi connectivity index (χ2n) is 2.64. The Morgan fingerprint density at radius 3 is 2.33 bits per heavy atom. The zero-order valence-corrected chi connectivity index (χ0v) is 9.15. The third-order valence-electron chi connectivity index (χ3n) is 1.48. The van der Waals surface area contributed by atoms with Crippen molar-refractivity contribution in [2.75, 3.05) is 33.5 Å². The van der Waals surface area contributed by atoms with E-state index in [0.29, 0.717) is 5.82 Å². The van der Waals surface area contributed by atoms with Gasteiger partial charge in [-0.1, -0.05) is 0 Å². The molecule has 7 heteroatoms. The lowest BCUT2D eigenvalue weighted by molar-refractivity contribution is -0.0978. The number of nitrogen functional groups attached to an aromatic ring is 1. The first-order valence-electron chi connectivity index (χ1n) is 4.34. The van der Waals surface area contributed by atoms with E-state index in [4.69, 9.17) is 20.3 Å². The summed E-state index contributed by atoms with van der Waals surface area (Å²) in [5.41, 5.74) is 5.08. The second kappa shape index (κ2) is 8.04. The summed E-state index contributed by atoms with van der Waals surface area (Å²) in [4.78, 5) is 0. The van der Waals surface area contributed by atoms with Crippen LogP contribution in [0.1, 0.15) is 0 Å². The molecule has 0 atom stereocenters. The zero-order valence-electron chi connectivity index (χ0n) is 9.15. The van der Waals surface area contributed by atoms with Crippen LogP contribution in [0.3, 0.4) is 0 Å². The number of nitrogens with zero attached hydrogens (tertiary/aromatic N) is 1. The summed E-state index contributed by atoms with van der Waals surface area (Å²) in [6, 6.07) is 1.33. The quantitative estimate of drug-likeness (QED) is 0.509. The molecule has 0 fully saturated rings. The molecule has 0 unspecified atom stereocenters. The van der Waals surface area contributed by atoms with Gasteiger partial charge in [-0.3, -0.25) is 0 Å². The van der Waals surface area contributed by atoms with E-state index in [1.165, 1.54) is 6.07 Å². The molecule has 0 radical (unpaired) electrons. The van der Waals surface area contributed by atoms with Crippen LogP contribution in [0.5, 0.6) is 5.88 Å². The van der Waals surface area contributed by atoms with E-state index >= 15 is 0 Å². The molecule has 0 amide bonds. The van der Waals surface area contributed by atoms with Crippen LogP contribution in [0.25, 0.3) is 0 Å². The minimum atomic E-state index is -0.111. The summed E-state index contributed by atoms with van der Waals surface area (Å²) in [7, 11) is 5.09. The summed E-state index contributed by atoms with van der Waals surface area (Å²) in [5, 5.41) is 17.0. The van der Waals surface area contributed by atoms with Crippen LogP contribution in [0.15, 0.2) is 6.07 Å². The fourth-order valence-electron chi connectivity index (χ4n) is 0.756. The second-order valence-corrected chi connectivity index (χ2v) is 2.64. The van der Waals surface area contributed by atoms with Crippen LogP contribution in [-0.4, -0.2) is 49.4 Å². The van der Waals surface area contributed by atoms with E-state index < -0.39 is 0 Å². The maximum Gasteiger partial charge on any atom is 0.208 e. The van der Waals surface area contributed by atoms with Crippen LogP contribution in [0.4, 0.5) is 5.82 Å². The Kier molecular flexibility index (Phi) is 7.33. The van der Waals surface area contributed by atoms with Gasteiger partial charge in [-0.15, -0.1) is 0 Å². The number of ether oxygens (including phenoxy) is 2. The Morgan fingerprint density at radius 1 is 1.60 bits per heavy atom. The van der Waals surface area contributed by atoms with Crippen LogP contribution in [-0.2, 0) is 9.47 Å². The molecule has 0 aliphatic rings. The molecular formula is C8H18N4O3. The van der Waals surface area contributed by atoms with Gasteiger partial charge in [0.15, 0.2) is 6.29 Å². The lowest BCUT2D eigenvalue weighted by Crippen LogP contribution is -2.26. The lowest BCUT2D eigenvalue weighted by atomic mass is 10.6. The maximum atomic E-state index is 8.46. The third kappa shape index (κ3) is 6.72. The third-order valence-corrected chi connectivity index (χ3v) is 1.48. The highest BCUT2D eigenvalue weighted by Gasteiger charge is 1.99. The number of methoxy groups -OCH3 is 2. The first-order valence-corrected chi connectivity index (χ1v) is 4.34. The fourth-order valence-corrected chi connectivity index (χ4v) is 0.756. The summed E-state index contributed by atoms with van der Waals surface area (Å²) < 4.78 is 9.71. The van der Waals surface area contributed by atoms with E-state index in [2.05, 4.69) is 15.5 Å². The van der Waals surface area contributed by atoms with Gasteiger partial charge in [0.1, 0.15) is 5.82 Å². The summed E-state index contributed by atoms with van der Waals surface area (Å²) >= 11 is 0. The number of anilines is 1. The van der Waals surface area contributed by atoms with Crippen molar-refractivity contribution in [1.82, 2.24) is 15.5 Å².